The second kappa shape index (κ2) is 8.76. The summed E-state index contributed by atoms with van der Waals surface area (Å²) >= 11 is 0. The second-order valence-electron chi connectivity index (χ2n) is 6.88. The molecule has 3 amide bonds. The molecule has 1 aromatic carbocycles. The van der Waals surface area contributed by atoms with Crippen molar-refractivity contribution in [2.45, 2.75) is 13.5 Å². The van der Waals surface area contributed by atoms with Gasteiger partial charge in [-0.25, -0.2) is 9.78 Å². The summed E-state index contributed by atoms with van der Waals surface area (Å²) in [5.41, 5.74) is 1.37. The molecule has 9 heteroatoms. The Morgan fingerprint density at radius 3 is 2.50 bits per heavy atom. The monoisotopic (exact) mass is 430 g/mol. The van der Waals surface area contributed by atoms with Crippen LogP contribution in [0.2, 0.25) is 0 Å². The van der Waals surface area contributed by atoms with Crippen LogP contribution < -0.4 is 5.32 Å². The van der Waals surface area contributed by atoms with Crippen molar-refractivity contribution in [2.24, 2.45) is 0 Å². The third-order valence-corrected chi connectivity index (χ3v) is 4.79. The third kappa shape index (κ3) is 4.08. The van der Waals surface area contributed by atoms with Gasteiger partial charge in [0.15, 0.2) is 0 Å². The molecule has 1 aliphatic heterocycles. The molecule has 0 saturated carbocycles. The third-order valence-electron chi connectivity index (χ3n) is 4.79. The molecular weight excluding hydrogens is 412 g/mol. The first-order valence-electron chi connectivity index (χ1n) is 9.82. The van der Waals surface area contributed by atoms with Crippen LogP contribution >= 0.6 is 0 Å². The predicted octanol–water partition coefficient (Wildman–Crippen LogP) is 2.70. The van der Waals surface area contributed by atoms with Crippen LogP contribution in [0.4, 0.5) is 5.82 Å². The Morgan fingerprint density at radius 2 is 1.75 bits per heavy atom. The molecule has 1 N–H and O–H groups in total. The number of ether oxygens (including phenoxy) is 1. The van der Waals surface area contributed by atoms with E-state index in [4.69, 9.17) is 4.74 Å². The van der Waals surface area contributed by atoms with Gasteiger partial charge in [0.1, 0.15) is 5.82 Å². The van der Waals surface area contributed by atoms with Crippen LogP contribution in [0.25, 0.3) is 0 Å². The van der Waals surface area contributed by atoms with Crippen molar-refractivity contribution < 1.29 is 23.9 Å². The zero-order valence-corrected chi connectivity index (χ0v) is 17.1. The molecule has 32 heavy (non-hydrogen) atoms. The summed E-state index contributed by atoms with van der Waals surface area (Å²) in [4.78, 5) is 59.3. The molecular formula is C23H18N4O5. The minimum Gasteiger partial charge on any atom is -0.462 e. The van der Waals surface area contributed by atoms with Crippen molar-refractivity contribution in [3.63, 3.8) is 0 Å². The number of amides is 3. The fourth-order valence-electron chi connectivity index (χ4n) is 3.26. The zero-order valence-electron chi connectivity index (χ0n) is 17.1. The van der Waals surface area contributed by atoms with Crippen LogP contribution in [0.15, 0.2) is 60.9 Å². The van der Waals surface area contributed by atoms with Gasteiger partial charge in [-0.2, -0.15) is 0 Å². The molecule has 0 radical (unpaired) electrons. The van der Waals surface area contributed by atoms with Crippen molar-refractivity contribution in [3.05, 3.63) is 88.9 Å². The lowest BCUT2D eigenvalue weighted by atomic mass is 10.1. The first kappa shape index (κ1) is 20.9. The van der Waals surface area contributed by atoms with Crippen molar-refractivity contribution >= 4 is 29.5 Å². The van der Waals surface area contributed by atoms with E-state index in [0.29, 0.717) is 5.69 Å². The van der Waals surface area contributed by atoms with Gasteiger partial charge >= 0.3 is 5.97 Å². The van der Waals surface area contributed by atoms with E-state index in [0.717, 1.165) is 4.90 Å². The van der Waals surface area contributed by atoms with E-state index in [1.165, 1.54) is 36.5 Å². The fourth-order valence-corrected chi connectivity index (χ4v) is 3.26. The average molecular weight is 430 g/mol. The summed E-state index contributed by atoms with van der Waals surface area (Å²) in [7, 11) is 0. The lowest BCUT2D eigenvalue weighted by molar-refractivity contribution is 0.0525. The molecule has 1 aliphatic rings. The summed E-state index contributed by atoms with van der Waals surface area (Å²) < 4.78 is 4.94. The van der Waals surface area contributed by atoms with Crippen molar-refractivity contribution in [1.82, 2.24) is 14.9 Å². The quantitative estimate of drug-likeness (QED) is 0.472. The minimum atomic E-state index is -0.537. The maximum absolute atomic E-state index is 12.8. The lowest BCUT2D eigenvalue weighted by Crippen LogP contribution is -2.29. The number of nitrogens with zero attached hydrogens (tertiary/aromatic N) is 3. The molecule has 0 saturated heterocycles. The number of nitrogens with one attached hydrogen (secondary N) is 1. The highest BCUT2D eigenvalue weighted by atomic mass is 16.5. The number of carbonyl (C=O) groups is 4. The lowest BCUT2D eigenvalue weighted by Gasteiger charge is -2.12. The summed E-state index contributed by atoms with van der Waals surface area (Å²) in [6.07, 6.45) is 2.96. The van der Waals surface area contributed by atoms with E-state index in [9.17, 15) is 19.2 Å². The largest absolute Gasteiger partial charge is 0.462 e. The molecule has 9 nitrogen and oxygen atoms in total. The Bertz CT molecular complexity index is 1230. The number of aromatic nitrogens is 2. The van der Waals surface area contributed by atoms with Crippen LogP contribution in [-0.2, 0) is 11.3 Å². The van der Waals surface area contributed by atoms with Gasteiger partial charge < -0.3 is 10.1 Å². The van der Waals surface area contributed by atoms with Gasteiger partial charge in [0, 0.05) is 18.0 Å². The van der Waals surface area contributed by atoms with Crippen LogP contribution in [0.5, 0.6) is 0 Å². The Labute approximate surface area is 183 Å². The van der Waals surface area contributed by atoms with Gasteiger partial charge in [-0.15, -0.1) is 0 Å². The number of benzene rings is 1. The van der Waals surface area contributed by atoms with Crippen molar-refractivity contribution in [3.8, 4) is 0 Å². The predicted molar refractivity (Wildman–Crippen MR) is 113 cm³/mol. The molecule has 0 fully saturated rings. The minimum absolute atomic E-state index is 0.0410. The highest BCUT2D eigenvalue weighted by molar-refractivity contribution is 6.22. The van der Waals surface area contributed by atoms with E-state index in [-0.39, 0.29) is 41.2 Å². The summed E-state index contributed by atoms with van der Waals surface area (Å²) in [6.45, 7) is 1.96. The SMILES string of the molecule is CCOC(=O)c1ccnc(NC(=O)c2ccc3c(c2)C(=O)N(Cc2ccccn2)C3=O)c1. The average Bonchev–Trinajstić information content (AvgIpc) is 3.04. The summed E-state index contributed by atoms with van der Waals surface area (Å²) in [5, 5.41) is 2.59. The molecule has 0 spiro atoms. The van der Waals surface area contributed by atoms with Gasteiger partial charge in [0.05, 0.1) is 35.5 Å². The summed E-state index contributed by atoms with van der Waals surface area (Å²) in [5.74, 6) is -1.84. The number of hydrogen-bond donors (Lipinski definition) is 1. The van der Waals surface area contributed by atoms with Crippen LogP contribution in [-0.4, -0.2) is 45.2 Å². The highest BCUT2D eigenvalue weighted by Crippen LogP contribution is 2.25. The number of fused-ring (bicyclic) bond motifs is 1. The van der Waals surface area contributed by atoms with Gasteiger partial charge in [0.25, 0.3) is 17.7 Å². The van der Waals surface area contributed by atoms with Crippen molar-refractivity contribution in [2.75, 3.05) is 11.9 Å². The van der Waals surface area contributed by atoms with Crippen LogP contribution in [0, 0.1) is 0 Å². The Kier molecular flexibility index (Phi) is 5.71. The molecule has 0 bridgehead atoms. The van der Waals surface area contributed by atoms with E-state index in [1.807, 2.05) is 0 Å². The molecule has 160 valence electrons. The second-order valence-corrected chi connectivity index (χ2v) is 6.88. The molecule has 0 aliphatic carbocycles. The van der Waals surface area contributed by atoms with E-state index < -0.39 is 23.7 Å². The van der Waals surface area contributed by atoms with Gasteiger partial charge in [0.2, 0.25) is 0 Å². The summed E-state index contributed by atoms with van der Waals surface area (Å²) in [6, 6.07) is 12.4. The maximum atomic E-state index is 12.8. The highest BCUT2D eigenvalue weighted by Gasteiger charge is 2.36. The van der Waals surface area contributed by atoms with E-state index in [2.05, 4.69) is 15.3 Å². The maximum Gasteiger partial charge on any atom is 0.338 e. The molecule has 2 aromatic heterocycles. The van der Waals surface area contributed by atoms with Gasteiger partial charge in [-0.3, -0.25) is 24.3 Å². The van der Waals surface area contributed by atoms with E-state index in [1.54, 1.807) is 31.3 Å². The molecule has 0 unspecified atom stereocenters. The number of anilines is 1. The van der Waals surface area contributed by atoms with Gasteiger partial charge in [-0.05, 0) is 49.4 Å². The van der Waals surface area contributed by atoms with Crippen LogP contribution in [0.3, 0.4) is 0 Å². The number of carbonyl (C=O) groups excluding carboxylic acids is 4. The first-order chi connectivity index (χ1) is 15.5. The zero-order chi connectivity index (χ0) is 22.7. The van der Waals surface area contributed by atoms with Gasteiger partial charge in [-0.1, -0.05) is 6.07 Å². The Morgan fingerprint density at radius 1 is 0.938 bits per heavy atom. The molecule has 3 aromatic rings. The Hall–Kier alpha value is -4.40. The normalized spacial score (nSPS) is 12.5. The number of pyridine rings is 2. The van der Waals surface area contributed by atoms with E-state index >= 15 is 0 Å². The topological polar surface area (TPSA) is 119 Å². The smallest absolute Gasteiger partial charge is 0.338 e. The first-order valence-corrected chi connectivity index (χ1v) is 9.82. The number of rotatable bonds is 6. The van der Waals surface area contributed by atoms with Crippen LogP contribution in [0.1, 0.15) is 54.0 Å². The standard InChI is InChI=1S/C23H18N4O5/c1-2-32-23(31)15-8-10-25-19(12-15)26-20(28)14-6-7-17-18(11-14)22(30)27(21(17)29)13-16-5-3-4-9-24-16/h3-12H,2,13H2,1H3,(H,25,26,28). The molecule has 0 atom stereocenters. The number of hydrogen-bond acceptors (Lipinski definition) is 7. The number of imide groups is 1. The molecule has 3 heterocycles. The fraction of sp³-hybridized carbons (Fsp3) is 0.130. The number of esters is 1. The molecule has 4 rings (SSSR count). The van der Waals surface area contributed by atoms with Crippen molar-refractivity contribution in [1.29, 1.82) is 0 Å². The Balaban J connectivity index is 1.52.